The van der Waals surface area contributed by atoms with Crippen molar-refractivity contribution in [1.29, 1.82) is 0 Å². The minimum absolute atomic E-state index is 0.0959. The number of carbonyl (C=O) groups is 1. The zero-order valence-corrected chi connectivity index (χ0v) is 20.0. The topological polar surface area (TPSA) is 56.1 Å². The lowest BCUT2D eigenvalue weighted by Gasteiger charge is -2.10. The molecule has 1 heterocycles. The Hall–Kier alpha value is -3.85. The van der Waals surface area contributed by atoms with Crippen molar-refractivity contribution in [1.82, 2.24) is 9.78 Å². The Bertz CT molecular complexity index is 1390. The number of halogens is 5. The third-order valence-corrected chi connectivity index (χ3v) is 6.03. The number of anilines is 1. The number of nitrogens with zero attached hydrogens (tertiary/aromatic N) is 2. The number of hydrogen-bond acceptors (Lipinski definition) is 3. The fourth-order valence-electron chi connectivity index (χ4n) is 3.54. The number of amides is 1. The van der Waals surface area contributed by atoms with Gasteiger partial charge in [-0.3, -0.25) is 9.48 Å². The second kappa shape index (κ2) is 10.4. The summed E-state index contributed by atoms with van der Waals surface area (Å²) in [4.78, 5) is 12.6. The van der Waals surface area contributed by atoms with Crippen LogP contribution in [0.25, 0.3) is 0 Å². The highest BCUT2D eigenvalue weighted by atomic mass is 35.5. The maximum Gasteiger partial charge on any atom is 0.256 e. The third-order valence-electron chi connectivity index (χ3n) is 5.44. The van der Waals surface area contributed by atoms with Crippen molar-refractivity contribution in [3.63, 3.8) is 0 Å². The SMILES string of the molecule is Cc1cc(OCc2ccc(C(=O)Nc3ccn(Cc4c(F)c(F)cc(F)c4F)n3)cc2)cc(C)c1Cl. The van der Waals surface area contributed by atoms with Crippen LogP contribution in [0.5, 0.6) is 5.75 Å². The van der Waals surface area contributed by atoms with Gasteiger partial charge in [0.1, 0.15) is 12.4 Å². The molecule has 0 unspecified atom stereocenters. The molecule has 0 saturated carbocycles. The molecule has 1 N–H and O–H groups in total. The molecule has 0 fully saturated rings. The second-order valence-corrected chi connectivity index (χ2v) is 8.53. The molecule has 1 amide bonds. The number of nitrogens with one attached hydrogen (secondary N) is 1. The Morgan fingerprint density at radius 2 is 1.58 bits per heavy atom. The number of ether oxygens (including phenoxy) is 1. The molecule has 0 bridgehead atoms. The predicted octanol–water partition coefficient (Wildman–Crippen LogP) is 6.59. The first kappa shape index (κ1) is 25.2. The molecule has 0 spiro atoms. The van der Waals surface area contributed by atoms with Crippen LogP contribution in [0.3, 0.4) is 0 Å². The van der Waals surface area contributed by atoms with Crippen molar-refractivity contribution in [3.8, 4) is 5.75 Å². The van der Waals surface area contributed by atoms with Gasteiger partial charge in [-0.1, -0.05) is 23.7 Å². The van der Waals surface area contributed by atoms with E-state index < -0.39 is 41.3 Å². The summed E-state index contributed by atoms with van der Waals surface area (Å²) in [6.07, 6.45) is 1.32. The van der Waals surface area contributed by atoms with Gasteiger partial charge in [-0.15, -0.1) is 0 Å². The van der Waals surface area contributed by atoms with Crippen LogP contribution in [-0.2, 0) is 13.2 Å². The van der Waals surface area contributed by atoms with Crippen LogP contribution in [-0.4, -0.2) is 15.7 Å². The van der Waals surface area contributed by atoms with Gasteiger partial charge in [0.05, 0.1) is 12.1 Å². The minimum atomic E-state index is -1.50. The number of aromatic nitrogens is 2. The van der Waals surface area contributed by atoms with Gasteiger partial charge in [0.25, 0.3) is 5.91 Å². The summed E-state index contributed by atoms with van der Waals surface area (Å²) < 4.78 is 61.5. The average Bonchev–Trinajstić information content (AvgIpc) is 3.29. The summed E-state index contributed by atoms with van der Waals surface area (Å²) in [5, 5.41) is 7.25. The Morgan fingerprint density at radius 1 is 0.972 bits per heavy atom. The van der Waals surface area contributed by atoms with Gasteiger partial charge < -0.3 is 10.1 Å². The average molecular weight is 518 g/mol. The summed E-state index contributed by atoms with van der Waals surface area (Å²) in [5.41, 5.74) is 2.21. The van der Waals surface area contributed by atoms with Crippen LogP contribution in [0.4, 0.5) is 23.4 Å². The van der Waals surface area contributed by atoms with E-state index in [9.17, 15) is 22.4 Å². The van der Waals surface area contributed by atoms with Crippen molar-refractivity contribution in [2.75, 3.05) is 5.32 Å². The van der Waals surface area contributed by atoms with Crippen molar-refractivity contribution in [2.45, 2.75) is 27.0 Å². The summed E-state index contributed by atoms with van der Waals surface area (Å²) in [7, 11) is 0. The first-order valence-electron chi connectivity index (χ1n) is 10.8. The lowest BCUT2D eigenvalue weighted by molar-refractivity contribution is 0.102. The molecule has 186 valence electrons. The van der Waals surface area contributed by atoms with E-state index >= 15 is 0 Å². The number of benzene rings is 3. The Labute approximate surface area is 209 Å². The molecule has 4 aromatic rings. The van der Waals surface area contributed by atoms with Gasteiger partial charge in [-0.2, -0.15) is 5.10 Å². The molecule has 0 aliphatic rings. The van der Waals surface area contributed by atoms with Gasteiger partial charge in [0.2, 0.25) is 0 Å². The number of rotatable bonds is 7. The van der Waals surface area contributed by atoms with Crippen LogP contribution in [0.1, 0.15) is 32.6 Å². The molecular formula is C26H20ClF4N3O2. The van der Waals surface area contributed by atoms with Crippen LogP contribution in [0, 0.1) is 37.1 Å². The third kappa shape index (κ3) is 5.52. The molecule has 5 nitrogen and oxygen atoms in total. The first-order chi connectivity index (χ1) is 17.1. The summed E-state index contributed by atoms with van der Waals surface area (Å²) in [5.74, 6) is -5.69. The highest BCUT2D eigenvalue weighted by Gasteiger charge is 2.20. The van der Waals surface area contributed by atoms with Crippen LogP contribution >= 0.6 is 11.6 Å². The number of hydrogen-bond donors (Lipinski definition) is 1. The highest BCUT2D eigenvalue weighted by molar-refractivity contribution is 6.32. The molecule has 36 heavy (non-hydrogen) atoms. The molecule has 0 aliphatic carbocycles. The second-order valence-electron chi connectivity index (χ2n) is 8.16. The van der Waals surface area contributed by atoms with Crippen molar-refractivity contribution in [2.24, 2.45) is 0 Å². The van der Waals surface area contributed by atoms with E-state index in [2.05, 4.69) is 10.4 Å². The van der Waals surface area contributed by atoms with Gasteiger partial charge >= 0.3 is 0 Å². The van der Waals surface area contributed by atoms with E-state index in [1.54, 1.807) is 24.3 Å². The molecule has 0 atom stereocenters. The molecule has 10 heteroatoms. The number of carbonyl (C=O) groups excluding carboxylic acids is 1. The fourth-order valence-corrected chi connectivity index (χ4v) is 3.65. The molecule has 3 aromatic carbocycles. The predicted molar refractivity (Wildman–Crippen MR) is 127 cm³/mol. The molecular weight excluding hydrogens is 498 g/mol. The first-order valence-corrected chi connectivity index (χ1v) is 11.2. The molecule has 0 saturated heterocycles. The Morgan fingerprint density at radius 3 is 2.19 bits per heavy atom. The summed E-state index contributed by atoms with van der Waals surface area (Å²) >= 11 is 6.18. The van der Waals surface area contributed by atoms with E-state index in [4.69, 9.17) is 16.3 Å². The summed E-state index contributed by atoms with van der Waals surface area (Å²) in [6.45, 7) is 3.53. The zero-order valence-electron chi connectivity index (χ0n) is 19.2. The van der Waals surface area contributed by atoms with Crippen molar-refractivity contribution >= 4 is 23.3 Å². The van der Waals surface area contributed by atoms with E-state index in [-0.39, 0.29) is 11.9 Å². The molecule has 1 aromatic heterocycles. The normalized spacial score (nSPS) is 11.0. The van der Waals surface area contributed by atoms with E-state index in [1.807, 2.05) is 26.0 Å². The Balaban J connectivity index is 1.37. The summed E-state index contributed by atoms with van der Waals surface area (Å²) in [6, 6.07) is 11.9. The van der Waals surface area contributed by atoms with Gasteiger partial charge in [0, 0.05) is 28.9 Å². The lowest BCUT2D eigenvalue weighted by Crippen LogP contribution is -2.13. The quantitative estimate of drug-likeness (QED) is 0.222. The maximum absolute atomic E-state index is 13.9. The standard InChI is InChI=1S/C26H20ClF4N3O2/c1-14-9-18(10-15(2)23(14)27)36-13-16-3-5-17(6-4-16)26(35)32-22-7-8-34(33-22)12-19-24(30)20(28)11-21(29)25(19)31/h3-11H,12-13H2,1-2H3,(H,32,33,35). The lowest BCUT2D eigenvalue weighted by atomic mass is 10.1. The van der Waals surface area contributed by atoms with E-state index in [0.717, 1.165) is 21.4 Å². The fraction of sp³-hybridized carbons (Fsp3) is 0.154. The van der Waals surface area contributed by atoms with Crippen LogP contribution in [0.2, 0.25) is 5.02 Å². The molecule has 4 rings (SSSR count). The zero-order chi connectivity index (χ0) is 26.0. The van der Waals surface area contributed by atoms with Crippen LogP contribution in [0.15, 0.2) is 54.7 Å². The van der Waals surface area contributed by atoms with E-state index in [0.29, 0.717) is 22.9 Å². The molecule has 0 aliphatic heterocycles. The van der Waals surface area contributed by atoms with Crippen LogP contribution < -0.4 is 10.1 Å². The molecule has 0 radical (unpaired) electrons. The van der Waals surface area contributed by atoms with Gasteiger partial charge in [-0.05, 0) is 54.8 Å². The smallest absolute Gasteiger partial charge is 0.256 e. The van der Waals surface area contributed by atoms with Gasteiger partial charge in [0.15, 0.2) is 29.1 Å². The highest BCUT2D eigenvalue weighted by Crippen LogP contribution is 2.26. The Kier molecular flexibility index (Phi) is 7.30. The minimum Gasteiger partial charge on any atom is -0.489 e. The number of aryl methyl sites for hydroxylation is 2. The monoisotopic (exact) mass is 517 g/mol. The maximum atomic E-state index is 13.9. The largest absolute Gasteiger partial charge is 0.489 e. The van der Waals surface area contributed by atoms with Crippen molar-refractivity contribution in [3.05, 3.63) is 111 Å². The van der Waals surface area contributed by atoms with E-state index in [1.165, 1.54) is 12.3 Å². The van der Waals surface area contributed by atoms with Gasteiger partial charge in [-0.25, -0.2) is 17.6 Å². The van der Waals surface area contributed by atoms with Crippen molar-refractivity contribution < 1.29 is 27.1 Å².